The zero-order chi connectivity index (χ0) is 12.8. The molecule has 0 radical (unpaired) electrons. The predicted octanol–water partition coefficient (Wildman–Crippen LogP) is 0.964. The highest BCUT2D eigenvalue weighted by Crippen LogP contribution is 2.27. The molecule has 0 saturated heterocycles. The first kappa shape index (κ1) is 13.1. The lowest BCUT2D eigenvalue weighted by atomic mass is 10.2. The Morgan fingerprint density at radius 3 is 2.82 bits per heavy atom. The van der Waals surface area contributed by atoms with E-state index in [-0.39, 0.29) is 23.9 Å². The summed E-state index contributed by atoms with van der Waals surface area (Å²) < 4.78 is 18.1. The molecular weight excluding hydrogens is 225 g/mol. The molecule has 17 heavy (non-hydrogen) atoms. The number of halogens is 1. The number of amides is 1. The van der Waals surface area contributed by atoms with E-state index in [1.165, 1.54) is 13.2 Å². The van der Waals surface area contributed by atoms with Crippen LogP contribution in [0.15, 0.2) is 12.1 Å². The summed E-state index contributed by atoms with van der Waals surface area (Å²) in [5, 5.41) is 5.44. The molecule has 0 aliphatic carbocycles. The summed E-state index contributed by atoms with van der Waals surface area (Å²) in [7, 11) is 1.36. The molecule has 4 N–H and O–H groups in total. The molecule has 0 aliphatic rings. The molecule has 0 heterocycles. The van der Waals surface area contributed by atoms with Gasteiger partial charge in [-0.3, -0.25) is 4.79 Å². The van der Waals surface area contributed by atoms with E-state index in [0.29, 0.717) is 12.2 Å². The van der Waals surface area contributed by atoms with E-state index in [0.717, 1.165) is 6.07 Å². The minimum atomic E-state index is -0.534. The van der Waals surface area contributed by atoms with Gasteiger partial charge in [0, 0.05) is 18.7 Å². The summed E-state index contributed by atoms with van der Waals surface area (Å²) in [5.74, 6) is -0.610. The van der Waals surface area contributed by atoms with Gasteiger partial charge in [-0.1, -0.05) is 0 Å². The Morgan fingerprint density at radius 1 is 1.53 bits per heavy atom. The van der Waals surface area contributed by atoms with E-state index in [1.807, 2.05) is 6.92 Å². The van der Waals surface area contributed by atoms with Crippen LogP contribution >= 0.6 is 0 Å². The maximum atomic E-state index is 13.2. The fourth-order valence-corrected chi connectivity index (χ4v) is 1.31. The Balaban J connectivity index is 2.74. The van der Waals surface area contributed by atoms with Gasteiger partial charge in [0.15, 0.2) is 11.6 Å². The number of methoxy groups -OCH3 is 1. The first-order chi connectivity index (χ1) is 8.08. The Labute approximate surface area is 99.1 Å². The molecule has 94 valence electrons. The fraction of sp³-hybridized carbons (Fsp3) is 0.364. The Morgan fingerprint density at radius 2 is 2.24 bits per heavy atom. The second-order valence-corrected chi connectivity index (χ2v) is 3.38. The summed E-state index contributed by atoms with van der Waals surface area (Å²) in [6.45, 7) is 2.46. The number of hydrogen-bond donors (Lipinski definition) is 3. The van der Waals surface area contributed by atoms with E-state index >= 15 is 0 Å². The minimum Gasteiger partial charge on any atom is -0.494 e. The number of likely N-dealkylation sites (N-methyl/N-ethyl adjacent to an activating group) is 1. The SMILES string of the molecule is CCNC(=O)CNc1cc(OC)c(F)cc1N. The third kappa shape index (κ3) is 3.51. The lowest BCUT2D eigenvalue weighted by Crippen LogP contribution is -2.29. The highest BCUT2D eigenvalue weighted by molar-refractivity contribution is 5.82. The molecule has 0 atom stereocenters. The highest BCUT2D eigenvalue weighted by Gasteiger charge is 2.09. The number of anilines is 2. The average Bonchev–Trinajstić information content (AvgIpc) is 2.28. The standard InChI is InChI=1S/C11H16FN3O2/c1-3-14-11(16)6-15-9-5-10(17-2)7(12)4-8(9)13/h4-5,15H,3,6,13H2,1-2H3,(H,14,16). The molecule has 0 saturated carbocycles. The van der Waals surface area contributed by atoms with Crippen LogP contribution in [0.2, 0.25) is 0 Å². The molecule has 1 amide bonds. The molecule has 6 heteroatoms. The molecule has 0 aromatic heterocycles. The van der Waals surface area contributed by atoms with Gasteiger partial charge >= 0.3 is 0 Å². The van der Waals surface area contributed by atoms with Crippen molar-refractivity contribution in [3.05, 3.63) is 17.9 Å². The Kier molecular flexibility index (Phi) is 4.56. The van der Waals surface area contributed by atoms with Crippen molar-refractivity contribution in [2.24, 2.45) is 0 Å². The quantitative estimate of drug-likeness (QED) is 0.671. The minimum absolute atomic E-state index is 0.0762. The fourth-order valence-electron chi connectivity index (χ4n) is 1.31. The number of rotatable bonds is 5. The topological polar surface area (TPSA) is 76.4 Å². The summed E-state index contributed by atoms with van der Waals surface area (Å²) in [6, 6.07) is 2.57. The number of carbonyl (C=O) groups is 1. The van der Waals surface area contributed by atoms with Crippen LogP contribution in [0.4, 0.5) is 15.8 Å². The van der Waals surface area contributed by atoms with Crippen molar-refractivity contribution in [2.75, 3.05) is 31.2 Å². The van der Waals surface area contributed by atoms with Crippen LogP contribution in [0.1, 0.15) is 6.92 Å². The Bertz CT molecular complexity index is 410. The zero-order valence-electron chi connectivity index (χ0n) is 9.84. The van der Waals surface area contributed by atoms with Gasteiger partial charge in [0.2, 0.25) is 5.91 Å². The largest absolute Gasteiger partial charge is 0.494 e. The smallest absolute Gasteiger partial charge is 0.239 e. The second kappa shape index (κ2) is 5.93. The maximum absolute atomic E-state index is 13.2. The summed E-state index contributed by atoms with van der Waals surface area (Å²) >= 11 is 0. The van der Waals surface area contributed by atoms with Gasteiger partial charge in [-0.15, -0.1) is 0 Å². The van der Waals surface area contributed by atoms with Gasteiger partial charge in [0.25, 0.3) is 0 Å². The molecule has 1 aromatic rings. The number of benzene rings is 1. The van der Waals surface area contributed by atoms with Crippen molar-refractivity contribution >= 4 is 17.3 Å². The van der Waals surface area contributed by atoms with Crippen molar-refractivity contribution in [3.63, 3.8) is 0 Å². The van der Waals surface area contributed by atoms with Gasteiger partial charge in [0.05, 0.1) is 25.0 Å². The normalized spacial score (nSPS) is 9.82. The monoisotopic (exact) mass is 241 g/mol. The lowest BCUT2D eigenvalue weighted by molar-refractivity contribution is -0.119. The second-order valence-electron chi connectivity index (χ2n) is 3.38. The van der Waals surface area contributed by atoms with Crippen molar-refractivity contribution in [1.82, 2.24) is 5.32 Å². The number of nitrogens with two attached hydrogens (primary N) is 1. The molecule has 1 aromatic carbocycles. The molecular formula is C11H16FN3O2. The summed E-state index contributed by atoms with van der Waals surface area (Å²) in [6.07, 6.45) is 0. The van der Waals surface area contributed by atoms with E-state index in [2.05, 4.69) is 10.6 Å². The van der Waals surface area contributed by atoms with Crippen molar-refractivity contribution < 1.29 is 13.9 Å². The van der Waals surface area contributed by atoms with E-state index in [4.69, 9.17) is 10.5 Å². The molecule has 5 nitrogen and oxygen atoms in total. The van der Waals surface area contributed by atoms with Gasteiger partial charge in [-0.25, -0.2) is 4.39 Å². The lowest BCUT2D eigenvalue weighted by Gasteiger charge is -2.11. The Hall–Kier alpha value is -1.98. The molecule has 0 aliphatic heterocycles. The number of nitrogens with one attached hydrogen (secondary N) is 2. The van der Waals surface area contributed by atoms with E-state index < -0.39 is 5.82 Å². The number of carbonyl (C=O) groups excluding carboxylic acids is 1. The number of ether oxygens (including phenoxy) is 1. The molecule has 0 fully saturated rings. The average molecular weight is 241 g/mol. The first-order valence-corrected chi connectivity index (χ1v) is 5.22. The van der Waals surface area contributed by atoms with Crippen LogP contribution in [0, 0.1) is 5.82 Å². The van der Waals surface area contributed by atoms with Gasteiger partial charge < -0.3 is 21.1 Å². The number of nitrogen functional groups attached to an aromatic ring is 1. The van der Waals surface area contributed by atoms with Crippen LogP contribution < -0.4 is 21.1 Å². The molecule has 0 spiro atoms. The zero-order valence-corrected chi connectivity index (χ0v) is 9.84. The van der Waals surface area contributed by atoms with E-state index in [1.54, 1.807) is 0 Å². The van der Waals surface area contributed by atoms with Crippen molar-refractivity contribution in [3.8, 4) is 5.75 Å². The maximum Gasteiger partial charge on any atom is 0.239 e. The third-order valence-electron chi connectivity index (χ3n) is 2.14. The van der Waals surface area contributed by atoms with Crippen LogP contribution in [0.5, 0.6) is 5.75 Å². The summed E-state index contributed by atoms with van der Waals surface area (Å²) in [4.78, 5) is 11.2. The predicted molar refractivity (Wildman–Crippen MR) is 64.5 cm³/mol. The van der Waals surface area contributed by atoms with E-state index in [9.17, 15) is 9.18 Å². The van der Waals surface area contributed by atoms with Crippen LogP contribution in [0.3, 0.4) is 0 Å². The van der Waals surface area contributed by atoms with Gasteiger partial charge in [0.1, 0.15) is 0 Å². The van der Waals surface area contributed by atoms with Gasteiger partial charge in [-0.05, 0) is 6.92 Å². The number of hydrogen-bond acceptors (Lipinski definition) is 4. The van der Waals surface area contributed by atoms with Crippen molar-refractivity contribution in [2.45, 2.75) is 6.92 Å². The van der Waals surface area contributed by atoms with Crippen LogP contribution in [0.25, 0.3) is 0 Å². The summed E-state index contributed by atoms with van der Waals surface area (Å²) in [5.41, 5.74) is 6.31. The molecule has 0 unspecified atom stereocenters. The van der Waals surface area contributed by atoms with Crippen LogP contribution in [-0.2, 0) is 4.79 Å². The highest BCUT2D eigenvalue weighted by atomic mass is 19.1. The van der Waals surface area contributed by atoms with Crippen LogP contribution in [-0.4, -0.2) is 26.1 Å². The molecule has 1 rings (SSSR count). The third-order valence-corrected chi connectivity index (χ3v) is 2.14. The van der Waals surface area contributed by atoms with Crippen molar-refractivity contribution in [1.29, 1.82) is 0 Å². The van der Waals surface area contributed by atoms with Gasteiger partial charge in [-0.2, -0.15) is 0 Å². The molecule has 0 bridgehead atoms. The first-order valence-electron chi connectivity index (χ1n) is 5.22.